The maximum Gasteiger partial charge on any atom is 0.266 e. The summed E-state index contributed by atoms with van der Waals surface area (Å²) in [6.07, 6.45) is 1.48. The van der Waals surface area contributed by atoms with Crippen molar-refractivity contribution in [1.82, 2.24) is 0 Å². The number of benzene rings is 3. The van der Waals surface area contributed by atoms with Gasteiger partial charge in [0.2, 0.25) is 0 Å². The third-order valence-corrected chi connectivity index (χ3v) is 5.70. The van der Waals surface area contributed by atoms with Crippen molar-refractivity contribution in [1.29, 1.82) is 5.26 Å². The number of anilines is 1. The third-order valence-electron chi connectivity index (χ3n) is 4.43. The minimum absolute atomic E-state index is 0.0768. The van der Waals surface area contributed by atoms with Gasteiger partial charge >= 0.3 is 0 Å². The van der Waals surface area contributed by atoms with Gasteiger partial charge in [0.15, 0.2) is 11.5 Å². The Labute approximate surface area is 210 Å². The zero-order valence-electron chi connectivity index (χ0n) is 17.6. The van der Waals surface area contributed by atoms with Gasteiger partial charge in [-0.15, -0.1) is 0 Å². The van der Waals surface area contributed by atoms with E-state index < -0.39 is 5.91 Å². The van der Waals surface area contributed by atoms with E-state index in [1.165, 1.54) is 12.1 Å². The van der Waals surface area contributed by atoms with Crippen molar-refractivity contribution in [3.63, 3.8) is 0 Å². The van der Waals surface area contributed by atoms with E-state index in [2.05, 4.69) is 21.2 Å². The lowest BCUT2D eigenvalue weighted by Crippen LogP contribution is -2.13. The first kappa shape index (κ1) is 24.7. The van der Waals surface area contributed by atoms with E-state index in [0.717, 1.165) is 10.0 Å². The molecule has 3 aromatic carbocycles. The van der Waals surface area contributed by atoms with E-state index in [1.54, 1.807) is 30.3 Å². The third kappa shape index (κ3) is 7.00. The second kappa shape index (κ2) is 11.8. The van der Waals surface area contributed by atoms with E-state index >= 15 is 0 Å². The Hall–Kier alpha value is -2.98. The van der Waals surface area contributed by atoms with Crippen molar-refractivity contribution in [2.75, 3.05) is 11.9 Å². The Bertz CT molecular complexity index is 1220. The van der Waals surface area contributed by atoms with Crippen LogP contribution in [0.25, 0.3) is 6.08 Å². The van der Waals surface area contributed by atoms with Crippen LogP contribution in [-0.4, -0.2) is 12.5 Å². The number of ether oxygens (including phenoxy) is 2. The van der Waals surface area contributed by atoms with Gasteiger partial charge in [0.25, 0.3) is 5.91 Å². The molecular weight excluding hydrogens is 527 g/mol. The zero-order chi connectivity index (χ0) is 23.8. The Morgan fingerprint density at radius 1 is 1.03 bits per heavy atom. The Morgan fingerprint density at radius 3 is 2.45 bits per heavy atom. The predicted octanol–water partition coefficient (Wildman–Crippen LogP) is 7.28. The van der Waals surface area contributed by atoms with E-state index in [1.807, 2.05) is 37.3 Å². The van der Waals surface area contributed by atoms with E-state index in [9.17, 15) is 10.1 Å². The summed E-state index contributed by atoms with van der Waals surface area (Å²) in [4.78, 5) is 12.6. The van der Waals surface area contributed by atoms with Crippen LogP contribution < -0.4 is 14.8 Å². The zero-order valence-corrected chi connectivity index (χ0v) is 20.7. The average Bonchev–Trinajstić information content (AvgIpc) is 2.80. The molecule has 3 rings (SSSR count). The van der Waals surface area contributed by atoms with Crippen LogP contribution in [0.4, 0.5) is 5.69 Å². The highest BCUT2D eigenvalue weighted by atomic mass is 79.9. The second-order valence-corrected chi connectivity index (χ2v) is 8.54. The number of hydrogen-bond acceptors (Lipinski definition) is 4. The summed E-state index contributed by atoms with van der Waals surface area (Å²) in [5.41, 5.74) is 1.99. The topological polar surface area (TPSA) is 71.3 Å². The molecule has 3 aromatic rings. The Balaban J connectivity index is 1.77. The molecule has 1 amide bonds. The van der Waals surface area contributed by atoms with Crippen LogP contribution in [0.1, 0.15) is 18.1 Å². The van der Waals surface area contributed by atoms with Crippen molar-refractivity contribution in [2.45, 2.75) is 13.5 Å². The molecule has 1 N–H and O–H groups in total. The highest BCUT2D eigenvalue weighted by molar-refractivity contribution is 9.10. The number of rotatable bonds is 8. The quantitative estimate of drug-likeness (QED) is 0.238. The highest BCUT2D eigenvalue weighted by Crippen LogP contribution is 2.30. The van der Waals surface area contributed by atoms with Gasteiger partial charge in [-0.1, -0.05) is 57.3 Å². The van der Waals surface area contributed by atoms with Crippen LogP contribution in [-0.2, 0) is 11.4 Å². The fraction of sp³-hybridized carbons (Fsp3) is 0.120. The molecule has 0 aliphatic carbocycles. The number of halogens is 3. The first-order valence-corrected chi connectivity index (χ1v) is 11.5. The van der Waals surface area contributed by atoms with Gasteiger partial charge in [-0.25, -0.2) is 0 Å². The molecule has 5 nitrogen and oxygen atoms in total. The molecular formula is C25H19BrCl2N2O3. The lowest BCUT2D eigenvalue weighted by molar-refractivity contribution is -0.112. The molecule has 0 radical (unpaired) electrons. The van der Waals surface area contributed by atoms with Gasteiger partial charge in [-0.05, 0) is 66.6 Å². The van der Waals surface area contributed by atoms with E-state index in [4.69, 9.17) is 32.7 Å². The molecule has 0 bridgehead atoms. The van der Waals surface area contributed by atoms with E-state index in [-0.39, 0.29) is 5.57 Å². The number of nitrogens with zero attached hydrogens (tertiary/aromatic N) is 1. The van der Waals surface area contributed by atoms with Crippen molar-refractivity contribution in [2.24, 2.45) is 0 Å². The molecule has 0 spiro atoms. The van der Waals surface area contributed by atoms with Gasteiger partial charge in [-0.3, -0.25) is 4.79 Å². The molecule has 0 aromatic heterocycles. The van der Waals surface area contributed by atoms with Gasteiger partial charge in [0.1, 0.15) is 18.2 Å². The maximum atomic E-state index is 12.6. The van der Waals surface area contributed by atoms with Crippen molar-refractivity contribution >= 4 is 56.8 Å². The predicted molar refractivity (Wildman–Crippen MR) is 135 cm³/mol. The van der Waals surface area contributed by atoms with Crippen molar-refractivity contribution < 1.29 is 14.3 Å². The minimum Gasteiger partial charge on any atom is -0.490 e. The van der Waals surface area contributed by atoms with Gasteiger partial charge in [0, 0.05) is 10.2 Å². The van der Waals surface area contributed by atoms with Gasteiger partial charge in [-0.2, -0.15) is 5.26 Å². The number of nitrogens with one attached hydrogen (secondary N) is 1. The molecule has 168 valence electrons. The molecule has 0 saturated heterocycles. The van der Waals surface area contributed by atoms with Crippen molar-refractivity contribution in [3.8, 4) is 17.6 Å². The summed E-state index contributed by atoms with van der Waals surface area (Å²) in [6, 6.07) is 19.7. The largest absolute Gasteiger partial charge is 0.490 e. The summed E-state index contributed by atoms with van der Waals surface area (Å²) in [5.74, 6) is 0.519. The van der Waals surface area contributed by atoms with Crippen LogP contribution in [0.5, 0.6) is 11.5 Å². The van der Waals surface area contributed by atoms with Gasteiger partial charge < -0.3 is 14.8 Å². The molecule has 33 heavy (non-hydrogen) atoms. The van der Waals surface area contributed by atoms with Crippen LogP contribution in [0.15, 0.2) is 70.7 Å². The molecule has 0 saturated carbocycles. The average molecular weight is 546 g/mol. The lowest BCUT2D eigenvalue weighted by Gasteiger charge is -2.13. The SMILES string of the molecule is CCOc1cc(/C=C(\C#N)C(=O)Nc2ccc(Cl)c(Cl)c2)ccc1OCc1ccc(Br)cc1. The normalized spacial score (nSPS) is 10.9. The summed E-state index contributed by atoms with van der Waals surface area (Å²) in [5, 5.41) is 12.8. The second-order valence-electron chi connectivity index (χ2n) is 6.81. The van der Waals surface area contributed by atoms with Gasteiger partial charge in [0.05, 0.1) is 16.7 Å². The molecule has 0 aliphatic heterocycles. The number of nitriles is 1. The summed E-state index contributed by atoms with van der Waals surface area (Å²) in [6.45, 7) is 2.68. The standard InChI is InChI=1S/C25H19BrCl2N2O3/c1-2-32-24-12-17(5-10-23(24)33-15-16-3-6-19(26)7-4-16)11-18(14-29)25(31)30-20-8-9-21(27)22(28)13-20/h3-13H,2,15H2,1H3,(H,30,31)/b18-11+. The molecule has 0 unspecified atom stereocenters. The fourth-order valence-electron chi connectivity index (χ4n) is 2.83. The molecule has 8 heteroatoms. The van der Waals surface area contributed by atoms with Crippen LogP contribution >= 0.6 is 39.1 Å². The van der Waals surface area contributed by atoms with Crippen LogP contribution in [0.3, 0.4) is 0 Å². The Kier molecular flexibility index (Phi) is 8.79. The van der Waals surface area contributed by atoms with Crippen molar-refractivity contribution in [3.05, 3.63) is 91.9 Å². The number of hydrogen-bond donors (Lipinski definition) is 1. The summed E-state index contributed by atoms with van der Waals surface area (Å²) < 4.78 is 12.6. The molecule has 0 atom stereocenters. The molecule has 0 aliphatic rings. The maximum absolute atomic E-state index is 12.6. The number of carbonyl (C=O) groups excluding carboxylic acids is 1. The Morgan fingerprint density at radius 2 is 1.79 bits per heavy atom. The first-order chi connectivity index (χ1) is 15.9. The fourth-order valence-corrected chi connectivity index (χ4v) is 3.39. The number of amides is 1. The molecule has 0 fully saturated rings. The monoisotopic (exact) mass is 544 g/mol. The summed E-state index contributed by atoms with van der Waals surface area (Å²) in [7, 11) is 0. The highest BCUT2D eigenvalue weighted by Gasteiger charge is 2.12. The minimum atomic E-state index is -0.565. The van der Waals surface area contributed by atoms with E-state index in [0.29, 0.717) is 46.0 Å². The van der Waals surface area contributed by atoms with Crippen LogP contribution in [0, 0.1) is 11.3 Å². The number of carbonyl (C=O) groups is 1. The van der Waals surface area contributed by atoms with Crippen LogP contribution in [0.2, 0.25) is 10.0 Å². The summed E-state index contributed by atoms with van der Waals surface area (Å²) >= 11 is 15.3. The smallest absolute Gasteiger partial charge is 0.266 e. The first-order valence-electron chi connectivity index (χ1n) is 9.92. The lowest BCUT2D eigenvalue weighted by atomic mass is 10.1. The molecule has 0 heterocycles.